The molecular formula is C24H17ClN2O3S. The molecule has 31 heavy (non-hydrogen) atoms. The van der Waals surface area contributed by atoms with Crippen LogP contribution in [0, 0.1) is 11.3 Å². The number of halogens is 1. The Balaban J connectivity index is 1.64. The Morgan fingerprint density at radius 2 is 1.74 bits per heavy atom. The first-order valence-corrected chi connectivity index (χ1v) is 10.8. The molecule has 4 rings (SSSR count). The van der Waals surface area contributed by atoms with Gasteiger partial charge in [-0.3, -0.25) is 4.79 Å². The zero-order valence-electron chi connectivity index (χ0n) is 16.3. The van der Waals surface area contributed by atoms with Crippen molar-refractivity contribution in [2.75, 3.05) is 4.90 Å². The second-order valence-corrected chi connectivity index (χ2v) is 8.75. The number of thioether (sulfide) groups is 1. The second-order valence-electron chi connectivity index (χ2n) is 7.13. The largest absolute Gasteiger partial charge is 0.478 e. The van der Waals surface area contributed by atoms with E-state index in [1.165, 1.54) is 11.8 Å². The van der Waals surface area contributed by atoms with Gasteiger partial charge in [0.1, 0.15) is 0 Å². The Morgan fingerprint density at radius 1 is 1.06 bits per heavy atom. The van der Waals surface area contributed by atoms with Crippen molar-refractivity contribution in [3.63, 3.8) is 0 Å². The molecule has 0 bridgehead atoms. The highest BCUT2D eigenvalue weighted by Gasteiger charge is 2.34. The third-order valence-corrected chi connectivity index (χ3v) is 6.83. The third-order valence-electron chi connectivity index (χ3n) is 5.08. The lowest BCUT2D eigenvalue weighted by Gasteiger charge is -2.34. The Morgan fingerprint density at radius 3 is 2.39 bits per heavy atom. The number of rotatable bonds is 5. The van der Waals surface area contributed by atoms with Gasteiger partial charge in [-0.25, -0.2) is 4.79 Å². The van der Waals surface area contributed by atoms with Crippen molar-refractivity contribution in [1.82, 2.24) is 0 Å². The van der Waals surface area contributed by atoms with Gasteiger partial charge < -0.3 is 10.0 Å². The molecule has 1 aliphatic heterocycles. The van der Waals surface area contributed by atoms with Gasteiger partial charge in [0, 0.05) is 0 Å². The number of carboxylic acid groups (broad SMARTS) is 1. The highest BCUT2D eigenvalue weighted by molar-refractivity contribution is 8.01. The molecule has 0 spiro atoms. The van der Waals surface area contributed by atoms with Crippen molar-refractivity contribution >= 4 is 40.9 Å². The van der Waals surface area contributed by atoms with Crippen LogP contribution in [0.15, 0.2) is 71.6 Å². The third kappa shape index (κ3) is 4.43. The molecule has 1 N–H and O–H groups in total. The van der Waals surface area contributed by atoms with Gasteiger partial charge in [-0.2, -0.15) is 5.26 Å². The van der Waals surface area contributed by atoms with Crippen molar-refractivity contribution in [3.8, 4) is 6.07 Å². The lowest BCUT2D eigenvalue weighted by molar-refractivity contribution is -0.118. The van der Waals surface area contributed by atoms with Gasteiger partial charge >= 0.3 is 5.97 Å². The molecule has 3 aromatic carbocycles. The van der Waals surface area contributed by atoms with Crippen LogP contribution in [0.25, 0.3) is 0 Å². The van der Waals surface area contributed by atoms with E-state index >= 15 is 0 Å². The Hall–Kier alpha value is -3.27. The molecule has 1 aliphatic rings. The summed E-state index contributed by atoms with van der Waals surface area (Å²) in [6.07, 6.45) is 0.456. The average molecular weight is 449 g/mol. The van der Waals surface area contributed by atoms with Gasteiger partial charge in [-0.05, 0) is 53.9 Å². The van der Waals surface area contributed by atoms with Crippen molar-refractivity contribution in [2.45, 2.75) is 23.1 Å². The number of hydrogen-bond donors (Lipinski definition) is 1. The van der Waals surface area contributed by atoms with Crippen molar-refractivity contribution in [2.24, 2.45) is 0 Å². The van der Waals surface area contributed by atoms with E-state index in [0.717, 1.165) is 21.7 Å². The standard InChI is InChI=1S/C24H17ClN2O3S/c25-19-2-1-3-20-22(19)31-21(12-15-8-10-18(11-9-15)24(29)30)23(28)27(20)14-17-6-4-16(13-26)5-7-17/h1-11,21H,12,14H2,(H,29,30). The predicted molar refractivity (Wildman–Crippen MR) is 121 cm³/mol. The minimum absolute atomic E-state index is 0.0357. The van der Waals surface area contributed by atoms with E-state index in [9.17, 15) is 9.59 Å². The normalized spacial score (nSPS) is 15.3. The van der Waals surface area contributed by atoms with Gasteiger partial charge in [-0.1, -0.05) is 41.9 Å². The Kier molecular flexibility index (Phi) is 5.99. The second kappa shape index (κ2) is 8.84. The summed E-state index contributed by atoms with van der Waals surface area (Å²) in [6.45, 7) is 0.368. The lowest BCUT2D eigenvalue weighted by Crippen LogP contribution is -2.41. The molecule has 1 atom stereocenters. The molecule has 154 valence electrons. The van der Waals surface area contributed by atoms with Gasteiger partial charge in [0.25, 0.3) is 0 Å². The minimum Gasteiger partial charge on any atom is -0.478 e. The summed E-state index contributed by atoms with van der Waals surface area (Å²) in [5.41, 5.74) is 3.33. The quantitative estimate of drug-likeness (QED) is 0.583. The first-order chi connectivity index (χ1) is 15.0. The number of carbonyl (C=O) groups excluding carboxylic acids is 1. The summed E-state index contributed by atoms with van der Waals surface area (Å²) >= 11 is 7.90. The summed E-state index contributed by atoms with van der Waals surface area (Å²) in [5.74, 6) is -1.02. The number of hydrogen-bond acceptors (Lipinski definition) is 4. The molecule has 0 aliphatic carbocycles. The van der Waals surface area contributed by atoms with Crippen LogP contribution in [-0.2, 0) is 17.8 Å². The van der Waals surface area contributed by atoms with Crippen LogP contribution < -0.4 is 4.90 Å². The number of aromatic carboxylic acids is 1. The lowest BCUT2D eigenvalue weighted by atomic mass is 10.1. The first-order valence-electron chi connectivity index (χ1n) is 9.54. The van der Waals surface area contributed by atoms with Gasteiger partial charge in [0.15, 0.2) is 0 Å². The van der Waals surface area contributed by atoms with Gasteiger partial charge in [0.05, 0.1) is 44.6 Å². The highest BCUT2D eigenvalue weighted by Crippen LogP contribution is 2.44. The molecule has 0 saturated heterocycles. The Labute approximate surface area is 188 Å². The summed E-state index contributed by atoms with van der Waals surface area (Å²) in [6, 6.07) is 21.3. The SMILES string of the molecule is N#Cc1ccc(CN2C(=O)C(Cc3ccc(C(=O)O)cc3)Sc3c(Cl)cccc32)cc1. The number of benzene rings is 3. The van der Waals surface area contributed by atoms with Crippen LogP contribution in [0.1, 0.15) is 27.0 Å². The number of nitriles is 1. The molecule has 1 unspecified atom stereocenters. The van der Waals surface area contributed by atoms with Crippen LogP contribution in [-0.4, -0.2) is 22.2 Å². The number of anilines is 1. The number of nitrogens with zero attached hydrogens (tertiary/aromatic N) is 2. The van der Waals surface area contributed by atoms with E-state index in [2.05, 4.69) is 6.07 Å². The maximum atomic E-state index is 13.4. The maximum Gasteiger partial charge on any atom is 0.335 e. The van der Waals surface area contributed by atoms with E-state index in [4.69, 9.17) is 22.0 Å². The minimum atomic E-state index is -0.982. The first kappa shape index (κ1) is 21.0. The molecule has 0 radical (unpaired) electrons. The number of amides is 1. The fourth-order valence-electron chi connectivity index (χ4n) is 3.47. The maximum absolute atomic E-state index is 13.4. The number of carboxylic acids is 1. The summed E-state index contributed by atoms with van der Waals surface area (Å²) in [4.78, 5) is 27.1. The van der Waals surface area contributed by atoms with E-state index in [1.54, 1.807) is 41.3 Å². The van der Waals surface area contributed by atoms with E-state index in [-0.39, 0.29) is 16.7 Å². The van der Waals surface area contributed by atoms with Gasteiger partial charge in [-0.15, -0.1) is 11.8 Å². The van der Waals surface area contributed by atoms with Crippen molar-refractivity contribution in [1.29, 1.82) is 5.26 Å². The topological polar surface area (TPSA) is 81.4 Å². The van der Waals surface area contributed by atoms with Crippen molar-refractivity contribution in [3.05, 3.63) is 94.0 Å². The van der Waals surface area contributed by atoms with Gasteiger partial charge in [0.2, 0.25) is 5.91 Å². The summed E-state index contributed by atoms with van der Waals surface area (Å²) in [7, 11) is 0. The van der Waals surface area contributed by atoms with Crippen LogP contribution in [0.3, 0.4) is 0 Å². The number of fused-ring (bicyclic) bond motifs is 1. The number of carbonyl (C=O) groups is 2. The average Bonchev–Trinajstić information content (AvgIpc) is 2.78. The Bertz CT molecular complexity index is 1190. The predicted octanol–water partition coefficient (Wildman–Crippen LogP) is 5.16. The fourth-order valence-corrected chi connectivity index (χ4v) is 5.04. The molecule has 5 nitrogen and oxygen atoms in total. The zero-order chi connectivity index (χ0) is 22.0. The van der Waals surface area contributed by atoms with Crippen LogP contribution in [0.4, 0.5) is 5.69 Å². The molecule has 7 heteroatoms. The molecule has 0 saturated carbocycles. The molecule has 1 amide bonds. The summed E-state index contributed by atoms with van der Waals surface area (Å²) in [5, 5.41) is 18.3. The molecule has 0 fully saturated rings. The molecular weight excluding hydrogens is 432 g/mol. The fraction of sp³-hybridized carbons (Fsp3) is 0.125. The zero-order valence-corrected chi connectivity index (χ0v) is 17.9. The smallest absolute Gasteiger partial charge is 0.335 e. The van der Waals surface area contributed by atoms with Crippen LogP contribution in [0.2, 0.25) is 5.02 Å². The highest BCUT2D eigenvalue weighted by atomic mass is 35.5. The molecule has 0 aromatic heterocycles. The molecule has 1 heterocycles. The van der Waals surface area contributed by atoms with Crippen molar-refractivity contribution < 1.29 is 14.7 Å². The van der Waals surface area contributed by atoms with E-state index in [1.807, 2.05) is 30.3 Å². The monoisotopic (exact) mass is 448 g/mol. The van der Waals surface area contributed by atoms with E-state index < -0.39 is 5.97 Å². The van der Waals surface area contributed by atoms with Crippen LogP contribution >= 0.6 is 23.4 Å². The molecule has 3 aromatic rings. The van der Waals surface area contributed by atoms with E-state index in [0.29, 0.717) is 23.6 Å². The van der Waals surface area contributed by atoms with Crippen LogP contribution in [0.5, 0.6) is 0 Å². The summed E-state index contributed by atoms with van der Waals surface area (Å²) < 4.78 is 0.